The maximum absolute atomic E-state index is 12.1. The monoisotopic (exact) mass is 642 g/mol. The van der Waals surface area contributed by atoms with Gasteiger partial charge >= 0.3 is 5.97 Å². The number of anilines is 1. The molecular weight excluding hydrogens is 608 g/mol. The van der Waals surface area contributed by atoms with Gasteiger partial charge in [0.15, 0.2) is 17.0 Å². The molecule has 2 aromatic carbocycles. The minimum atomic E-state index is -1.24. The smallest absolute Gasteiger partial charge is 0.338 e. The average molecular weight is 643 g/mol. The van der Waals surface area contributed by atoms with Gasteiger partial charge < -0.3 is 40.0 Å². The molecule has 15 heteroatoms. The van der Waals surface area contributed by atoms with E-state index < -0.39 is 36.3 Å². The lowest BCUT2D eigenvalue weighted by Gasteiger charge is -2.22. The summed E-state index contributed by atoms with van der Waals surface area (Å²) in [4.78, 5) is 37.8. The number of nitrogens with one attached hydrogen (secondary N) is 2. The predicted molar refractivity (Wildman–Crippen MR) is 169 cm³/mol. The molecule has 5 N–H and O–H groups in total. The molecule has 5 aromatic rings. The number of benzene rings is 2. The minimum absolute atomic E-state index is 0.0429. The number of carbonyl (C=O) groups is 2. The number of aliphatic hydroxyl groups is 2. The number of carbonyl (C=O) groups excluding carboxylic acids is 1. The Labute approximate surface area is 268 Å². The average Bonchev–Trinajstić information content (AvgIpc) is 3.82. The molecule has 1 fully saturated rings. The van der Waals surface area contributed by atoms with E-state index >= 15 is 0 Å². The van der Waals surface area contributed by atoms with Crippen LogP contribution in [0.25, 0.3) is 17.1 Å². The number of amides is 1. The Balaban J connectivity index is 1.47. The highest BCUT2D eigenvalue weighted by Crippen LogP contribution is 2.36. The van der Waals surface area contributed by atoms with Gasteiger partial charge in [0.1, 0.15) is 23.7 Å². The van der Waals surface area contributed by atoms with Crippen LogP contribution in [0.2, 0.25) is 0 Å². The maximum Gasteiger partial charge on any atom is 0.338 e. The molecule has 0 radical (unpaired) electrons. The largest absolute Gasteiger partial charge is 0.497 e. The molecule has 6 rings (SSSR count). The van der Waals surface area contributed by atoms with Crippen molar-refractivity contribution in [2.45, 2.75) is 50.1 Å². The van der Waals surface area contributed by atoms with Gasteiger partial charge in [-0.2, -0.15) is 15.1 Å². The molecule has 47 heavy (non-hydrogen) atoms. The van der Waals surface area contributed by atoms with Gasteiger partial charge in [-0.15, -0.1) is 0 Å². The van der Waals surface area contributed by atoms with Crippen LogP contribution in [0.1, 0.15) is 53.3 Å². The molecule has 3 heterocycles. The molecule has 15 nitrogen and oxygen atoms in total. The van der Waals surface area contributed by atoms with Crippen molar-refractivity contribution in [3.63, 3.8) is 0 Å². The summed E-state index contributed by atoms with van der Waals surface area (Å²) in [5.41, 5.74) is 2.34. The fourth-order valence-electron chi connectivity index (χ4n) is 5.72. The number of hydrogen-bond acceptors (Lipinski definition) is 11. The van der Waals surface area contributed by atoms with Gasteiger partial charge in [0, 0.05) is 12.6 Å². The quantitative estimate of drug-likeness (QED) is 0.141. The predicted octanol–water partition coefficient (Wildman–Crippen LogP) is 2.49. The number of hydrogen-bond donors (Lipinski definition) is 5. The highest BCUT2D eigenvalue weighted by molar-refractivity contribution is 5.87. The summed E-state index contributed by atoms with van der Waals surface area (Å²) in [7, 11) is 3.18. The molecule has 1 aliphatic rings. The Hall–Kier alpha value is -5.54. The van der Waals surface area contributed by atoms with E-state index in [1.165, 1.54) is 23.4 Å². The number of imidazole rings is 1. The van der Waals surface area contributed by atoms with Crippen LogP contribution in [0.3, 0.4) is 0 Å². The zero-order valence-electron chi connectivity index (χ0n) is 25.8. The molecule has 1 amide bonds. The fraction of sp³-hybridized carbons (Fsp3) is 0.312. The Morgan fingerprint density at radius 2 is 1.62 bits per heavy atom. The molecule has 1 saturated carbocycles. The number of methoxy groups -OCH3 is 2. The molecule has 1 aliphatic carbocycles. The van der Waals surface area contributed by atoms with E-state index in [4.69, 9.17) is 14.5 Å². The van der Waals surface area contributed by atoms with Gasteiger partial charge in [-0.3, -0.25) is 4.79 Å². The van der Waals surface area contributed by atoms with Crippen molar-refractivity contribution in [2.75, 3.05) is 19.5 Å². The minimum Gasteiger partial charge on any atom is -0.497 e. The molecule has 0 bridgehead atoms. The van der Waals surface area contributed by atoms with E-state index in [0.29, 0.717) is 28.5 Å². The SMILES string of the molecule is CCC(=O)N[C@H]1C[C@@H](n2cnc3c(NC(c4ccc(OC)cc4)c4ccc(OC)cc4)nc(-n4cc(C(=O)O)cn4)nc32)[C@H](O)[C@@H]1O. The van der Waals surface area contributed by atoms with Gasteiger partial charge in [0.2, 0.25) is 5.91 Å². The van der Waals surface area contributed by atoms with Crippen LogP contribution in [0.4, 0.5) is 5.82 Å². The van der Waals surface area contributed by atoms with Crippen molar-refractivity contribution >= 4 is 28.9 Å². The lowest BCUT2D eigenvalue weighted by molar-refractivity contribution is -0.122. The van der Waals surface area contributed by atoms with Crippen molar-refractivity contribution in [3.05, 3.63) is 83.9 Å². The summed E-state index contributed by atoms with van der Waals surface area (Å²) < 4.78 is 13.6. The van der Waals surface area contributed by atoms with Gasteiger partial charge in [-0.05, 0) is 41.8 Å². The number of rotatable bonds is 11. The van der Waals surface area contributed by atoms with Crippen LogP contribution >= 0.6 is 0 Å². The molecular formula is C32H34N8O7. The van der Waals surface area contributed by atoms with Crippen molar-refractivity contribution in [2.24, 2.45) is 0 Å². The maximum atomic E-state index is 12.1. The molecule has 0 aliphatic heterocycles. The van der Waals surface area contributed by atoms with E-state index in [2.05, 4.69) is 25.7 Å². The van der Waals surface area contributed by atoms with Gasteiger partial charge in [-0.1, -0.05) is 31.2 Å². The number of ether oxygens (including phenoxy) is 2. The van der Waals surface area contributed by atoms with Gasteiger partial charge in [-0.25, -0.2) is 14.5 Å². The first-order valence-corrected chi connectivity index (χ1v) is 14.9. The van der Waals surface area contributed by atoms with Crippen LogP contribution in [-0.4, -0.2) is 89.0 Å². The second kappa shape index (κ2) is 13.1. The third kappa shape index (κ3) is 6.17. The lowest BCUT2D eigenvalue weighted by Crippen LogP contribution is -2.42. The number of carboxylic acids is 1. The highest BCUT2D eigenvalue weighted by Gasteiger charge is 2.43. The zero-order valence-corrected chi connectivity index (χ0v) is 25.8. The zero-order chi connectivity index (χ0) is 33.2. The number of carboxylic acid groups (broad SMARTS) is 1. The Morgan fingerprint density at radius 1 is 0.979 bits per heavy atom. The Morgan fingerprint density at radius 3 is 2.17 bits per heavy atom. The molecule has 244 valence electrons. The summed E-state index contributed by atoms with van der Waals surface area (Å²) in [5.74, 6) is 0.309. The summed E-state index contributed by atoms with van der Waals surface area (Å²) in [5, 5.41) is 41.8. The van der Waals surface area contributed by atoms with Crippen molar-refractivity contribution in [3.8, 4) is 17.4 Å². The molecule has 0 spiro atoms. The first-order chi connectivity index (χ1) is 22.7. The van der Waals surface area contributed by atoms with E-state index in [1.807, 2.05) is 48.5 Å². The van der Waals surface area contributed by atoms with Gasteiger partial charge in [0.05, 0.1) is 50.4 Å². The summed E-state index contributed by atoms with van der Waals surface area (Å²) in [6.45, 7) is 1.71. The number of aromatic carboxylic acids is 1. The van der Waals surface area contributed by atoms with E-state index in [0.717, 1.165) is 11.1 Å². The topological polar surface area (TPSA) is 199 Å². The van der Waals surface area contributed by atoms with E-state index in [-0.39, 0.29) is 30.3 Å². The van der Waals surface area contributed by atoms with E-state index in [9.17, 15) is 24.9 Å². The van der Waals surface area contributed by atoms with Crippen molar-refractivity contribution < 1.29 is 34.4 Å². The second-order valence-electron chi connectivity index (χ2n) is 11.1. The fourth-order valence-corrected chi connectivity index (χ4v) is 5.72. The number of fused-ring (bicyclic) bond motifs is 1. The number of nitrogens with zero attached hydrogens (tertiary/aromatic N) is 6. The first-order valence-electron chi connectivity index (χ1n) is 14.9. The van der Waals surface area contributed by atoms with Crippen LogP contribution < -0.4 is 20.1 Å². The Kier molecular flexibility index (Phi) is 8.74. The van der Waals surface area contributed by atoms with Gasteiger partial charge in [0.25, 0.3) is 5.95 Å². The first kappa shape index (κ1) is 31.4. The third-order valence-corrected chi connectivity index (χ3v) is 8.30. The van der Waals surface area contributed by atoms with Crippen molar-refractivity contribution in [1.29, 1.82) is 0 Å². The summed E-state index contributed by atoms with van der Waals surface area (Å²) in [6, 6.07) is 13.3. The number of aromatic nitrogens is 6. The lowest BCUT2D eigenvalue weighted by atomic mass is 9.98. The second-order valence-corrected chi connectivity index (χ2v) is 11.1. The van der Waals surface area contributed by atoms with Crippen LogP contribution in [0, 0.1) is 0 Å². The highest BCUT2D eigenvalue weighted by atomic mass is 16.5. The molecule has 4 atom stereocenters. The summed E-state index contributed by atoms with van der Waals surface area (Å²) in [6.07, 6.45) is 1.98. The van der Waals surface area contributed by atoms with Crippen LogP contribution in [-0.2, 0) is 4.79 Å². The van der Waals surface area contributed by atoms with E-state index in [1.54, 1.807) is 25.7 Å². The molecule has 3 aromatic heterocycles. The molecule has 0 unspecified atom stereocenters. The third-order valence-electron chi connectivity index (χ3n) is 8.30. The normalized spacial score (nSPS) is 19.2. The summed E-state index contributed by atoms with van der Waals surface area (Å²) >= 11 is 0. The van der Waals surface area contributed by atoms with Crippen LogP contribution in [0.5, 0.6) is 11.5 Å². The number of aliphatic hydroxyl groups excluding tert-OH is 2. The standard InChI is InChI=1S/C32H34N8O7/c1-4-24(41)35-22-13-23(28(43)27(22)42)39-16-33-26-29(37-32(38-30(26)39)40-15-19(14-34-40)31(44)45)36-25(17-5-9-20(46-2)10-6-17)18-7-11-21(47-3)12-8-18/h5-12,14-16,22-23,25,27-28,42-43H,4,13H2,1-3H3,(H,35,41)(H,44,45)(H,36,37,38)/t22-,23+,27+,28-/m0/s1. The molecule has 0 saturated heterocycles. The van der Waals surface area contributed by atoms with Crippen LogP contribution in [0.15, 0.2) is 67.3 Å². The van der Waals surface area contributed by atoms with Crippen molar-refractivity contribution in [1.82, 2.24) is 34.6 Å². The Bertz CT molecular complexity index is 1840.